The lowest BCUT2D eigenvalue weighted by molar-refractivity contribution is 0.0921. The quantitative estimate of drug-likeness (QED) is 0.755. The van der Waals surface area contributed by atoms with Crippen molar-refractivity contribution in [2.75, 3.05) is 6.61 Å². The van der Waals surface area contributed by atoms with Gasteiger partial charge >= 0.3 is 0 Å². The van der Waals surface area contributed by atoms with Crippen molar-refractivity contribution in [1.82, 2.24) is 0 Å². The van der Waals surface area contributed by atoms with Crippen molar-refractivity contribution in [3.05, 3.63) is 71.3 Å². The highest BCUT2D eigenvalue weighted by Crippen LogP contribution is 2.20. The van der Waals surface area contributed by atoms with Gasteiger partial charge in [-0.2, -0.15) is 0 Å². The molecule has 2 aromatic carbocycles. The molecule has 0 fully saturated rings. The second kappa shape index (κ2) is 6.71. The molecule has 0 atom stereocenters. The number of Topliss-reactive ketones (excluding diaryl/α,β-unsaturated/α-hetero) is 1. The van der Waals surface area contributed by atoms with Crippen molar-refractivity contribution >= 4 is 11.9 Å². The van der Waals surface area contributed by atoms with E-state index < -0.39 is 0 Å². The van der Waals surface area contributed by atoms with E-state index in [4.69, 9.17) is 4.74 Å². The summed E-state index contributed by atoms with van der Waals surface area (Å²) in [7, 11) is 0. The molecule has 0 aliphatic rings. The fraction of sp³-hybridized carbons (Fsp3) is 0.167. The third-order valence-electron chi connectivity index (χ3n) is 3.07. The zero-order valence-electron chi connectivity index (χ0n) is 11.8. The molecule has 20 heavy (non-hydrogen) atoms. The fourth-order valence-electron chi connectivity index (χ4n) is 2.04. The van der Waals surface area contributed by atoms with Gasteiger partial charge in [-0.1, -0.05) is 54.6 Å². The fourth-order valence-corrected chi connectivity index (χ4v) is 2.04. The molecule has 2 heteroatoms. The smallest absolute Gasteiger partial charge is 0.200 e. The third-order valence-corrected chi connectivity index (χ3v) is 3.07. The van der Waals surface area contributed by atoms with E-state index in [1.807, 2.05) is 74.5 Å². The predicted molar refractivity (Wildman–Crippen MR) is 82.2 cm³/mol. The monoisotopic (exact) mass is 266 g/mol. The van der Waals surface area contributed by atoms with Crippen LogP contribution in [0.5, 0.6) is 5.75 Å². The van der Waals surface area contributed by atoms with Crippen molar-refractivity contribution in [1.29, 1.82) is 0 Å². The predicted octanol–water partition coefficient (Wildman–Crippen LogP) is 4.29. The van der Waals surface area contributed by atoms with E-state index in [0.717, 1.165) is 22.4 Å². The van der Waals surface area contributed by atoms with Gasteiger partial charge in [-0.15, -0.1) is 0 Å². The summed E-state index contributed by atoms with van der Waals surface area (Å²) in [6.07, 6.45) is 3.92. The van der Waals surface area contributed by atoms with Crippen LogP contribution in [0, 0.1) is 6.92 Å². The molecule has 0 aliphatic carbocycles. The molecule has 2 rings (SSSR count). The van der Waals surface area contributed by atoms with E-state index in [-0.39, 0.29) is 12.4 Å². The van der Waals surface area contributed by atoms with E-state index in [1.54, 1.807) is 0 Å². The minimum atomic E-state index is -0.00150. The SMILES string of the molecule is CC=Cc1ccccc1OCC(=O)c1ccccc1C. The highest BCUT2D eigenvalue weighted by Gasteiger charge is 2.10. The zero-order valence-corrected chi connectivity index (χ0v) is 11.8. The standard InChI is InChI=1S/C18H18O2/c1-3-8-15-10-5-7-12-18(15)20-13-17(19)16-11-6-4-9-14(16)2/h3-12H,13H2,1-2H3. The van der Waals surface area contributed by atoms with Crippen LogP contribution in [0.25, 0.3) is 6.08 Å². The number of aryl methyl sites for hydroxylation is 1. The summed E-state index contributed by atoms with van der Waals surface area (Å²) in [5.41, 5.74) is 2.67. The lowest BCUT2D eigenvalue weighted by atomic mass is 10.1. The summed E-state index contributed by atoms with van der Waals surface area (Å²) in [4.78, 5) is 12.2. The first-order chi connectivity index (χ1) is 9.72. The van der Waals surface area contributed by atoms with Gasteiger partial charge < -0.3 is 4.74 Å². The molecule has 0 radical (unpaired) electrons. The first-order valence-corrected chi connectivity index (χ1v) is 6.65. The molecule has 0 aliphatic heterocycles. The molecule has 0 saturated heterocycles. The molecule has 0 unspecified atom stereocenters. The number of ether oxygens (including phenoxy) is 1. The number of hydrogen-bond donors (Lipinski definition) is 0. The maximum Gasteiger partial charge on any atom is 0.200 e. The second-order valence-electron chi connectivity index (χ2n) is 4.56. The van der Waals surface area contributed by atoms with Gasteiger partial charge in [0.2, 0.25) is 0 Å². The molecule has 0 spiro atoms. The van der Waals surface area contributed by atoms with E-state index in [2.05, 4.69) is 0 Å². The third kappa shape index (κ3) is 3.35. The van der Waals surface area contributed by atoms with Crippen LogP contribution in [0.15, 0.2) is 54.6 Å². The number of ketones is 1. The summed E-state index contributed by atoms with van der Waals surface area (Å²) >= 11 is 0. The maximum atomic E-state index is 12.2. The normalized spacial score (nSPS) is 10.7. The van der Waals surface area contributed by atoms with Crippen molar-refractivity contribution in [3.63, 3.8) is 0 Å². The van der Waals surface area contributed by atoms with Crippen molar-refractivity contribution < 1.29 is 9.53 Å². The maximum absolute atomic E-state index is 12.2. The summed E-state index contributed by atoms with van der Waals surface area (Å²) in [5, 5.41) is 0. The van der Waals surface area contributed by atoms with Crippen LogP contribution in [-0.2, 0) is 0 Å². The van der Waals surface area contributed by atoms with E-state index in [9.17, 15) is 4.79 Å². The van der Waals surface area contributed by atoms with Crippen LogP contribution in [0.2, 0.25) is 0 Å². The number of carbonyl (C=O) groups is 1. The van der Waals surface area contributed by atoms with Gasteiger partial charge in [-0.05, 0) is 25.5 Å². The van der Waals surface area contributed by atoms with E-state index in [0.29, 0.717) is 0 Å². The Morgan fingerprint density at radius 1 is 1.10 bits per heavy atom. The lowest BCUT2D eigenvalue weighted by Crippen LogP contribution is -2.13. The largest absolute Gasteiger partial charge is 0.485 e. The number of benzene rings is 2. The van der Waals surface area contributed by atoms with E-state index >= 15 is 0 Å². The molecule has 0 heterocycles. The molecule has 2 aromatic rings. The first kappa shape index (κ1) is 14.1. The van der Waals surface area contributed by atoms with Gasteiger partial charge in [0.15, 0.2) is 12.4 Å². The van der Waals surface area contributed by atoms with Crippen LogP contribution in [0.3, 0.4) is 0 Å². The summed E-state index contributed by atoms with van der Waals surface area (Å²) < 4.78 is 5.66. The van der Waals surface area contributed by atoms with Gasteiger partial charge in [0.25, 0.3) is 0 Å². The van der Waals surface area contributed by atoms with Crippen LogP contribution in [-0.4, -0.2) is 12.4 Å². The summed E-state index contributed by atoms with van der Waals surface area (Å²) in [6, 6.07) is 15.3. The average Bonchev–Trinajstić information content (AvgIpc) is 2.47. The Kier molecular flexibility index (Phi) is 4.72. The van der Waals surface area contributed by atoms with Gasteiger partial charge in [-0.25, -0.2) is 0 Å². The minimum absolute atomic E-state index is 0.00150. The highest BCUT2D eigenvalue weighted by atomic mass is 16.5. The molecule has 0 bridgehead atoms. The number of allylic oxidation sites excluding steroid dienone is 1. The molecule has 0 N–H and O–H groups in total. The number of carbonyl (C=O) groups excluding carboxylic acids is 1. The Balaban J connectivity index is 2.10. The number of para-hydroxylation sites is 1. The Morgan fingerprint density at radius 3 is 2.55 bits per heavy atom. The molecule has 0 amide bonds. The highest BCUT2D eigenvalue weighted by molar-refractivity contribution is 5.98. The Bertz CT molecular complexity index is 627. The zero-order chi connectivity index (χ0) is 14.4. The minimum Gasteiger partial charge on any atom is -0.485 e. The number of hydrogen-bond acceptors (Lipinski definition) is 2. The molecule has 0 aromatic heterocycles. The van der Waals surface area contributed by atoms with Crippen LogP contribution < -0.4 is 4.74 Å². The Morgan fingerprint density at radius 2 is 1.80 bits per heavy atom. The summed E-state index contributed by atoms with van der Waals surface area (Å²) in [6.45, 7) is 3.94. The lowest BCUT2D eigenvalue weighted by Gasteiger charge is -2.09. The topological polar surface area (TPSA) is 26.3 Å². The Labute approximate surface area is 119 Å². The molecule has 0 saturated carbocycles. The van der Waals surface area contributed by atoms with Gasteiger partial charge in [-0.3, -0.25) is 4.79 Å². The second-order valence-corrected chi connectivity index (χ2v) is 4.56. The summed E-state index contributed by atoms with van der Waals surface area (Å²) in [5.74, 6) is 0.728. The average molecular weight is 266 g/mol. The van der Waals surface area contributed by atoms with Crippen molar-refractivity contribution in [2.45, 2.75) is 13.8 Å². The van der Waals surface area contributed by atoms with Crippen LogP contribution >= 0.6 is 0 Å². The van der Waals surface area contributed by atoms with Gasteiger partial charge in [0.1, 0.15) is 5.75 Å². The van der Waals surface area contributed by atoms with Crippen molar-refractivity contribution in [2.24, 2.45) is 0 Å². The van der Waals surface area contributed by atoms with Crippen LogP contribution in [0.4, 0.5) is 0 Å². The first-order valence-electron chi connectivity index (χ1n) is 6.65. The van der Waals surface area contributed by atoms with Crippen LogP contribution in [0.1, 0.15) is 28.4 Å². The molecule has 102 valence electrons. The van der Waals surface area contributed by atoms with Gasteiger partial charge in [0, 0.05) is 11.1 Å². The Hall–Kier alpha value is -2.35. The van der Waals surface area contributed by atoms with E-state index in [1.165, 1.54) is 0 Å². The molecule has 2 nitrogen and oxygen atoms in total. The van der Waals surface area contributed by atoms with Gasteiger partial charge in [0.05, 0.1) is 0 Å². The van der Waals surface area contributed by atoms with Crippen molar-refractivity contribution in [3.8, 4) is 5.75 Å². The molecular formula is C18H18O2. The number of rotatable bonds is 5. The molecular weight excluding hydrogens is 248 g/mol.